The van der Waals surface area contributed by atoms with E-state index >= 15 is 0 Å². The molecule has 0 aliphatic heterocycles. The van der Waals surface area contributed by atoms with Crippen molar-refractivity contribution >= 4 is 29.2 Å². The number of benzene rings is 2. The molecule has 0 bridgehead atoms. The highest BCUT2D eigenvalue weighted by Crippen LogP contribution is 2.37. The molecule has 0 saturated heterocycles. The predicted octanol–water partition coefficient (Wildman–Crippen LogP) is 4.40. The van der Waals surface area contributed by atoms with Gasteiger partial charge in [0, 0.05) is 0 Å². The van der Waals surface area contributed by atoms with Crippen molar-refractivity contribution in [2.75, 3.05) is 0 Å². The summed E-state index contributed by atoms with van der Waals surface area (Å²) in [6.45, 7) is 1.92. The molecule has 0 heterocycles. The number of hydroxylamine groups is 2. The summed E-state index contributed by atoms with van der Waals surface area (Å²) in [6.07, 6.45) is 0. The van der Waals surface area contributed by atoms with Gasteiger partial charge in [-0.1, -0.05) is 53.5 Å². The van der Waals surface area contributed by atoms with Crippen LogP contribution in [0.4, 0.5) is 4.79 Å². The zero-order valence-electron chi connectivity index (χ0n) is 12.4. The fourth-order valence-electron chi connectivity index (χ4n) is 2.02. The second-order valence-corrected chi connectivity index (χ2v) is 5.76. The number of carbonyl (C=O) groups excluding carboxylic acids is 1. The first-order chi connectivity index (χ1) is 10.9. The summed E-state index contributed by atoms with van der Waals surface area (Å²) >= 11 is 12.4. The molecule has 2 aromatic rings. The molecule has 0 aliphatic carbocycles. The van der Waals surface area contributed by atoms with Crippen LogP contribution in [0.2, 0.25) is 10.0 Å². The van der Waals surface area contributed by atoms with Crippen LogP contribution in [0.1, 0.15) is 24.1 Å². The minimum Gasteiger partial charge on any atom is -0.486 e. The maximum absolute atomic E-state index is 11.0. The third-order valence-corrected chi connectivity index (χ3v) is 3.88. The van der Waals surface area contributed by atoms with Crippen LogP contribution >= 0.6 is 23.2 Å². The number of hydrogen-bond acceptors (Lipinski definition) is 3. The van der Waals surface area contributed by atoms with Gasteiger partial charge in [0.05, 0.1) is 16.1 Å². The molecule has 0 radical (unpaired) electrons. The molecular formula is C16H16Cl2N2O3. The second kappa shape index (κ2) is 7.55. The number of hydrogen-bond donors (Lipinski definition) is 2. The minimum atomic E-state index is -0.964. The summed E-state index contributed by atoms with van der Waals surface area (Å²) in [4.78, 5) is 11.0. The number of carbonyl (C=O) groups is 1. The highest BCUT2D eigenvalue weighted by atomic mass is 35.5. The number of primary amides is 1. The Hall–Kier alpha value is -1.95. The van der Waals surface area contributed by atoms with Crippen molar-refractivity contribution in [3.05, 3.63) is 63.6 Å². The predicted molar refractivity (Wildman–Crippen MR) is 88.9 cm³/mol. The van der Waals surface area contributed by atoms with Crippen molar-refractivity contribution in [3.8, 4) is 5.75 Å². The van der Waals surface area contributed by atoms with E-state index in [-0.39, 0.29) is 10.0 Å². The Balaban J connectivity index is 2.18. The van der Waals surface area contributed by atoms with Gasteiger partial charge in [0.25, 0.3) is 0 Å². The summed E-state index contributed by atoms with van der Waals surface area (Å²) in [6, 6.07) is 11.1. The van der Waals surface area contributed by atoms with Crippen molar-refractivity contribution < 1.29 is 14.7 Å². The van der Waals surface area contributed by atoms with Crippen molar-refractivity contribution in [3.63, 3.8) is 0 Å². The molecule has 0 aliphatic rings. The fraction of sp³-hybridized carbons (Fsp3) is 0.188. The van der Waals surface area contributed by atoms with E-state index in [9.17, 15) is 10.0 Å². The first-order valence-electron chi connectivity index (χ1n) is 6.83. The van der Waals surface area contributed by atoms with Crippen molar-refractivity contribution in [1.82, 2.24) is 5.06 Å². The van der Waals surface area contributed by atoms with Gasteiger partial charge in [0.15, 0.2) is 5.75 Å². The fourth-order valence-corrected chi connectivity index (χ4v) is 2.63. The first-order valence-corrected chi connectivity index (χ1v) is 7.59. The molecule has 0 aromatic heterocycles. The van der Waals surface area contributed by atoms with Crippen molar-refractivity contribution in [1.29, 1.82) is 0 Å². The average molecular weight is 355 g/mol. The van der Waals surface area contributed by atoms with Crippen LogP contribution in [0, 0.1) is 0 Å². The monoisotopic (exact) mass is 354 g/mol. The SMILES string of the molecule is CC(c1cc(Cl)c(OCc2ccccc2)c(Cl)c1)N(O)C(N)=O. The quantitative estimate of drug-likeness (QED) is 0.616. The largest absolute Gasteiger partial charge is 0.486 e. The maximum atomic E-state index is 11.0. The molecule has 0 fully saturated rings. The van der Waals surface area contributed by atoms with Crippen LogP contribution in [0.3, 0.4) is 0 Å². The van der Waals surface area contributed by atoms with E-state index in [1.165, 1.54) is 0 Å². The summed E-state index contributed by atoms with van der Waals surface area (Å²) in [5.41, 5.74) is 6.55. The third-order valence-electron chi connectivity index (χ3n) is 3.32. The number of nitrogens with two attached hydrogens (primary N) is 1. The lowest BCUT2D eigenvalue weighted by Gasteiger charge is -2.22. The maximum Gasteiger partial charge on any atom is 0.339 e. The zero-order valence-corrected chi connectivity index (χ0v) is 13.9. The van der Waals surface area contributed by atoms with Crippen LogP contribution in [0.5, 0.6) is 5.75 Å². The van der Waals surface area contributed by atoms with Crippen LogP contribution in [0.25, 0.3) is 0 Å². The van der Waals surface area contributed by atoms with Gasteiger partial charge in [-0.25, -0.2) is 4.79 Å². The number of nitrogens with zero attached hydrogens (tertiary/aromatic N) is 1. The van der Waals surface area contributed by atoms with Crippen molar-refractivity contribution in [2.24, 2.45) is 5.73 Å². The molecule has 3 N–H and O–H groups in total. The van der Waals surface area contributed by atoms with Crippen LogP contribution in [0.15, 0.2) is 42.5 Å². The Kier molecular flexibility index (Phi) is 5.71. The number of ether oxygens (including phenoxy) is 1. The molecule has 23 heavy (non-hydrogen) atoms. The average Bonchev–Trinajstić information content (AvgIpc) is 2.53. The molecule has 1 unspecified atom stereocenters. The molecule has 7 heteroatoms. The standard InChI is InChI=1S/C16H16Cl2N2O3/c1-10(20(22)16(19)21)12-7-13(17)15(14(18)8-12)23-9-11-5-3-2-4-6-11/h2-8,10,22H,9H2,1H3,(H2,19,21). The summed E-state index contributed by atoms with van der Waals surface area (Å²) in [5, 5.41) is 10.6. The molecule has 0 spiro atoms. The van der Waals surface area contributed by atoms with Gasteiger partial charge in [0.2, 0.25) is 0 Å². The van der Waals surface area contributed by atoms with Gasteiger partial charge in [0.1, 0.15) is 6.61 Å². The molecule has 2 aromatic carbocycles. The highest BCUT2D eigenvalue weighted by Gasteiger charge is 2.20. The molecular weight excluding hydrogens is 339 g/mol. The van der Waals surface area contributed by atoms with E-state index in [1.54, 1.807) is 19.1 Å². The summed E-state index contributed by atoms with van der Waals surface area (Å²) in [7, 11) is 0. The van der Waals surface area contributed by atoms with E-state index in [4.69, 9.17) is 33.7 Å². The molecule has 122 valence electrons. The van der Waals surface area contributed by atoms with Gasteiger partial charge < -0.3 is 10.5 Å². The third kappa shape index (κ3) is 4.28. The molecule has 5 nitrogen and oxygen atoms in total. The Morgan fingerprint density at radius 2 is 1.83 bits per heavy atom. The number of urea groups is 1. The lowest BCUT2D eigenvalue weighted by molar-refractivity contribution is -0.0710. The van der Waals surface area contributed by atoms with E-state index in [0.717, 1.165) is 5.56 Å². The second-order valence-electron chi connectivity index (χ2n) is 4.95. The number of rotatable bonds is 5. The van der Waals surface area contributed by atoms with E-state index < -0.39 is 12.1 Å². The van der Waals surface area contributed by atoms with Gasteiger partial charge in [-0.15, -0.1) is 0 Å². The van der Waals surface area contributed by atoms with E-state index in [1.807, 2.05) is 30.3 Å². The Labute approximate surface area is 144 Å². The van der Waals surface area contributed by atoms with Gasteiger partial charge in [-0.3, -0.25) is 5.21 Å². The summed E-state index contributed by atoms with van der Waals surface area (Å²) < 4.78 is 5.66. The minimum absolute atomic E-state index is 0.285. The lowest BCUT2D eigenvalue weighted by Crippen LogP contribution is -2.34. The van der Waals surface area contributed by atoms with Gasteiger partial charge >= 0.3 is 6.03 Å². The van der Waals surface area contributed by atoms with Gasteiger partial charge in [-0.2, -0.15) is 5.06 Å². The normalized spacial score (nSPS) is 11.8. The van der Waals surface area contributed by atoms with Crippen LogP contribution < -0.4 is 10.5 Å². The molecule has 0 saturated carbocycles. The van der Waals surface area contributed by atoms with Gasteiger partial charge in [-0.05, 0) is 30.2 Å². The smallest absolute Gasteiger partial charge is 0.339 e. The first kappa shape index (κ1) is 17.4. The highest BCUT2D eigenvalue weighted by molar-refractivity contribution is 6.37. The zero-order chi connectivity index (χ0) is 17.0. The van der Waals surface area contributed by atoms with Crippen LogP contribution in [-0.2, 0) is 6.61 Å². The number of amides is 2. The molecule has 2 amide bonds. The van der Waals surface area contributed by atoms with E-state index in [0.29, 0.717) is 23.0 Å². The van der Waals surface area contributed by atoms with E-state index in [2.05, 4.69) is 0 Å². The lowest BCUT2D eigenvalue weighted by atomic mass is 10.1. The summed E-state index contributed by atoms with van der Waals surface area (Å²) in [5.74, 6) is 0.344. The van der Waals surface area contributed by atoms with Crippen LogP contribution in [-0.4, -0.2) is 16.3 Å². The Morgan fingerprint density at radius 1 is 1.26 bits per heavy atom. The number of halogens is 2. The molecule has 1 atom stereocenters. The Bertz CT molecular complexity index is 672. The van der Waals surface area contributed by atoms with Crippen molar-refractivity contribution in [2.45, 2.75) is 19.6 Å². The Morgan fingerprint density at radius 3 is 2.35 bits per heavy atom. The topological polar surface area (TPSA) is 75.8 Å². The molecule has 2 rings (SSSR count).